The van der Waals surface area contributed by atoms with Crippen LogP contribution in [0.2, 0.25) is 0 Å². The molecule has 0 aliphatic carbocycles. The van der Waals surface area contributed by atoms with E-state index in [4.69, 9.17) is 0 Å². The monoisotopic (exact) mass is 269 g/mol. The number of nitrogens with one attached hydrogen (secondary N) is 2. The van der Waals surface area contributed by atoms with Crippen LogP contribution < -0.4 is 10.6 Å². The number of piperidine rings is 1. The first kappa shape index (κ1) is 16.4. The fraction of sp³-hybridized carbons (Fsp3) is 0.933. The van der Waals surface area contributed by atoms with Crippen molar-refractivity contribution in [2.45, 2.75) is 71.5 Å². The third-order valence-corrected chi connectivity index (χ3v) is 3.63. The number of rotatable bonds is 5. The molecule has 1 amide bonds. The van der Waals surface area contributed by atoms with Gasteiger partial charge in [0.1, 0.15) is 0 Å². The molecule has 1 aliphatic heterocycles. The topological polar surface area (TPSA) is 44.4 Å². The number of likely N-dealkylation sites (tertiary alicyclic amines) is 1. The van der Waals surface area contributed by atoms with Crippen molar-refractivity contribution in [1.29, 1.82) is 0 Å². The lowest BCUT2D eigenvalue weighted by Gasteiger charge is -2.39. The smallest absolute Gasteiger partial charge is 0.234 e. The van der Waals surface area contributed by atoms with Gasteiger partial charge in [-0.05, 0) is 53.6 Å². The summed E-state index contributed by atoms with van der Waals surface area (Å²) in [4.78, 5) is 14.4. The van der Waals surface area contributed by atoms with E-state index in [1.54, 1.807) is 0 Å². The van der Waals surface area contributed by atoms with Gasteiger partial charge in [0.05, 0.1) is 6.54 Å². The van der Waals surface area contributed by atoms with Gasteiger partial charge in [-0.3, -0.25) is 9.69 Å². The number of carbonyl (C=O) groups is 1. The number of nitrogens with zero attached hydrogens (tertiary/aromatic N) is 1. The first-order valence-corrected chi connectivity index (χ1v) is 7.62. The number of carbonyl (C=O) groups excluding carboxylic acids is 1. The molecule has 0 saturated carbocycles. The van der Waals surface area contributed by atoms with E-state index in [1.165, 1.54) is 19.3 Å². The Balaban J connectivity index is 2.55. The van der Waals surface area contributed by atoms with Crippen LogP contribution in [-0.2, 0) is 4.79 Å². The van der Waals surface area contributed by atoms with E-state index in [2.05, 4.69) is 29.4 Å². The first-order valence-electron chi connectivity index (χ1n) is 7.62. The summed E-state index contributed by atoms with van der Waals surface area (Å²) in [6.45, 7) is 13.0. The Kier molecular flexibility index (Phi) is 6.27. The second-order valence-electron chi connectivity index (χ2n) is 6.68. The molecular weight excluding hydrogens is 238 g/mol. The van der Waals surface area contributed by atoms with Gasteiger partial charge in [-0.25, -0.2) is 0 Å². The summed E-state index contributed by atoms with van der Waals surface area (Å²) in [5.41, 5.74) is -0.143. The quantitative estimate of drug-likeness (QED) is 0.799. The highest BCUT2D eigenvalue weighted by molar-refractivity contribution is 5.78. The highest BCUT2D eigenvalue weighted by Crippen LogP contribution is 2.19. The summed E-state index contributed by atoms with van der Waals surface area (Å²) in [5, 5.41) is 6.55. The zero-order chi connectivity index (χ0) is 14.5. The molecule has 4 heteroatoms. The lowest BCUT2D eigenvalue weighted by atomic mass is 9.96. The van der Waals surface area contributed by atoms with Crippen LogP contribution in [0.5, 0.6) is 0 Å². The second-order valence-corrected chi connectivity index (χ2v) is 6.68. The zero-order valence-electron chi connectivity index (χ0n) is 13.3. The average Bonchev–Trinajstić information content (AvgIpc) is 2.27. The van der Waals surface area contributed by atoms with Gasteiger partial charge in [0.25, 0.3) is 0 Å². The van der Waals surface area contributed by atoms with Crippen molar-refractivity contribution in [3.05, 3.63) is 0 Å². The molecule has 1 aliphatic rings. The fourth-order valence-electron chi connectivity index (χ4n) is 2.88. The Hall–Kier alpha value is -0.610. The third-order valence-electron chi connectivity index (χ3n) is 3.63. The number of likely N-dealkylation sites (N-methyl/N-ethyl adjacent to an activating group) is 1. The molecule has 1 rings (SSSR count). The minimum Gasteiger partial charge on any atom is -0.350 e. The molecule has 2 atom stereocenters. The van der Waals surface area contributed by atoms with Crippen LogP contribution in [0.4, 0.5) is 0 Å². The summed E-state index contributed by atoms with van der Waals surface area (Å²) in [6.07, 6.45) is 3.67. The molecule has 19 heavy (non-hydrogen) atoms. The van der Waals surface area contributed by atoms with Crippen LogP contribution in [0.25, 0.3) is 0 Å². The molecule has 112 valence electrons. The predicted octanol–water partition coefficient (Wildman–Crippen LogP) is 1.75. The van der Waals surface area contributed by atoms with Crippen molar-refractivity contribution >= 4 is 5.91 Å². The average molecular weight is 269 g/mol. The highest BCUT2D eigenvalue weighted by atomic mass is 16.2. The van der Waals surface area contributed by atoms with Gasteiger partial charge in [0.2, 0.25) is 5.91 Å². The minimum atomic E-state index is -0.143. The maximum Gasteiger partial charge on any atom is 0.234 e. The maximum atomic E-state index is 12.1. The predicted molar refractivity (Wildman–Crippen MR) is 80.2 cm³/mol. The molecular formula is C15H31N3O. The first-order chi connectivity index (χ1) is 8.83. The molecule has 0 bridgehead atoms. The molecule has 1 saturated heterocycles. The van der Waals surface area contributed by atoms with Crippen LogP contribution in [-0.4, -0.2) is 48.1 Å². The molecule has 2 N–H and O–H groups in total. The van der Waals surface area contributed by atoms with Gasteiger partial charge >= 0.3 is 0 Å². The van der Waals surface area contributed by atoms with E-state index in [9.17, 15) is 4.79 Å². The Morgan fingerprint density at radius 2 is 2.05 bits per heavy atom. The molecule has 1 fully saturated rings. The SMILES string of the molecule is CCNC(C)C1CCCCN1CC(=O)NC(C)(C)C. The molecule has 0 aromatic carbocycles. The van der Waals surface area contributed by atoms with Gasteiger partial charge in [0, 0.05) is 17.6 Å². The van der Waals surface area contributed by atoms with Gasteiger partial charge < -0.3 is 10.6 Å². The van der Waals surface area contributed by atoms with Gasteiger partial charge in [0.15, 0.2) is 0 Å². The van der Waals surface area contributed by atoms with Crippen molar-refractivity contribution in [3.8, 4) is 0 Å². The molecule has 0 aromatic heterocycles. The number of hydrogen-bond donors (Lipinski definition) is 2. The Bertz CT molecular complexity index is 286. The van der Waals surface area contributed by atoms with Crippen molar-refractivity contribution in [1.82, 2.24) is 15.5 Å². The van der Waals surface area contributed by atoms with Gasteiger partial charge in [-0.1, -0.05) is 13.3 Å². The lowest BCUT2D eigenvalue weighted by molar-refractivity contribution is -0.124. The van der Waals surface area contributed by atoms with Crippen molar-refractivity contribution in [2.75, 3.05) is 19.6 Å². The van der Waals surface area contributed by atoms with Gasteiger partial charge in [-0.2, -0.15) is 0 Å². The molecule has 2 unspecified atom stereocenters. The Morgan fingerprint density at radius 1 is 1.37 bits per heavy atom. The maximum absolute atomic E-state index is 12.1. The third kappa shape index (κ3) is 5.91. The van der Waals surface area contributed by atoms with E-state index in [-0.39, 0.29) is 11.4 Å². The van der Waals surface area contributed by atoms with Crippen molar-refractivity contribution in [2.24, 2.45) is 0 Å². The molecule has 0 spiro atoms. The summed E-state index contributed by atoms with van der Waals surface area (Å²) in [5.74, 6) is 0.142. The summed E-state index contributed by atoms with van der Waals surface area (Å²) >= 11 is 0. The molecule has 0 aromatic rings. The lowest BCUT2D eigenvalue weighted by Crippen LogP contribution is -2.55. The Labute approximate surface area is 118 Å². The normalized spacial score (nSPS) is 23.1. The van der Waals surface area contributed by atoms with E-state index < -0.39 is 0 Å². The van der Waals surface area contributed by atoms with Crippen LogP contribution in [0, 0.1) is 0 Å². The standard InChI is InChI=1S/C15H31N3O/c1-6-16-12(2)13-9-7-8-10-18(13)11-14(19)17-15(3,4)5/h12-13,16H,6-11H2,1-5H3,(H,17,19). The largest absolute Gasteiger partial charge is 0.350 e. The number of amides is 1. The summed E-state index contributed by atoms with van der Waals surface area (Å²) < 4.78 is 0. The van der Waals surface area contributed by atoms with Crippen molar-refractivity contribution in [3.63, 3.8) is 0 Å². The van der Waals surface area contributed by atoms with Crippen LogP contribution >= 0.6 is 0 Å². The van der Waals surface area contributed by atoms with E-state index in [1.807, 2.05) is 20.8 Å². The molecule has 1 heterocycles. The molecule has 0 radical (unpaired) electrons. The van der Waals surface area contributed by atoms with Crippen LogP contribution in [0.1, 0.15) is 53.9 Å². The minimum absolute atomic E-state index is 0.142. The summed E-state index contributed by atoms with van der Waals surface area (Å²) in [7, 11) is 0. The van der Waals surface area contributed by atoms with E-state index in [0.717, 1.165) is 13.1 Å². The van der Waals surface area contributed by atoms with E-state index >= 15 is 0 Å². The second kappa shape index (κ2) is 7.25. The highest BCUT2D eigenvalue weighted by Gasteiger charge is 2.28. The fourth-order valence-corrected chi connectivity index (χ4v) is 2.88. The summed E-state index contributed by atoms with van der Waals surface area (Å²) in [6, 6.07) is 0.937. The zero-order valence-corrected chi connectivity index (χ0v) is 13.3. The van der Waals surface area contributed by atoms with E-state index in [0.29, 0.717) is 18.6 Å². The van der Waals surface area contributed by atoms with Crippen LogP contribution in [0.15, 0.2) is 0 Å². The number of hydrogen-bond acceptors (Lipinski definition) is 3. The van der Waals surface area contributed by atoms with Gasteiger partial charge in [-0.15, -0.1) is 0 Å². The Morgan fingerprint density at radius 3 is 2.63 bits per heavy atom. The van der Waals surface area contributed by atoms with Crippen LogP contribution in [0.3, 0.4) is 0 Å². The van der Waals surface area contributed by atoms with Crippen molar-refractivity contribution < 1.29 is 4.79 Å². The molecule has 4 nitrogen and oxygen atoms in total.